The molecule has 2 N–H and O–H groups in total. The molecule has 0 aliphatic carbocycles. The molecule has 12 heavy (non-hydrogen) atoms. The first-order chi connectivity index (χ1) is 5.27. The van der Waals surface area contributed by atoms with E-state index in [0.717, 1.165) is 0 Å². The summed E-state index contributed by atoms with van der Waals surface area (Å²) < 4.78 is 35.1. The summed E-state index contributed by atoms with van der Waals surface area (Å²) in [5.41, 5.74) is -0.662. The van der Waals surface area contributed by atoms with Crippen LogP contribution >= 0.6 is 0 Å². The Morgan fingerprint density at radius 3 is 2.08 bits per heavy atom. The second-order valence-electron chi connectivity index (χ2n) is 3.33. The molecule has 0 spiro atoms. The Labute approximate surface area is 69.8 Å². The van der Waals surface area contributed by atoms with Crippen LogP contribution in [0.3, 0.4) is 0 Å². The Hall–Kier alpha value is -0.290. The van der Waals surface area contributed by atoms with Gasteiger partial charge in [0.25, 0.3) is 0 Å². The number of nitrogens with one attached hydrogen (secondary N) is 1. The third kappa shape index (κ3) is 6.42. The van der Waals surface area contributed by atoms with Crippen LogP contribution in [0, 0.1) is 0 Å². The van der Waals surface area contributed by atoms with Gasteiger partial charge in [-0.1, -0.05) is 0 Å². The van der Waals surface area contributed by atoms with Crippen molar-refractivity contribution < 1.29 is 18.3 Å². The highest BCUT2D eigenvalue weighted by molar-refractivity contribution is 4.77. The van der Waals surface area contributed by atoms with E-state index in [1.165, 1.54) is 0 Å². The minimum Gasteiger partial charge on any atom is -0.396 e. The Morgan fingerprint density at radius 1 is 1.25 bits per heavy atom. The van der Waals surface area contributed by atoms with Crippen LogP contribution in [0.1, 0.15) is 20.3 Å². The molecule has 0 heterocycles. The monoisotopic (exact) mass is 185 g/mol. The number of rotatable bonds is 4. The van der Waals surface area contributed by atoms with Crippen LogP contribution in [0.4, 0.5) is 13.2 Å². The van der Waals surface area contributed by atoms with Gasteiger partial charge in [0.1, 0.15) is 0 Å². The van der Waals surface area contributed by atoms with Gasteiger partial charge in [-0.3, -0.25) is 0 Å². The van der Waals surface area contributed by atoms with Crippen LogP contribution in [-0.4, -0.2) is 30.0 Å². The zero-order valence-electron chi connectivity index (χ0n) is 7.20. The van der Waals surface area contributed by atoms with Gasteiger partial charge in [-0.2, -0.15) is 13.2 Å². The van der Waals surface area contributed by atoms with Gasteiger partial charge in [0.05, 0.1) is 6.54 Å². The number of aliphatic hydroxyl groups is 1. The van der Waals surface area contributed by atoms with E-state index in [9.17, 15) is 13.2 Å². The lowest BCUT2D eigenvalue weighted by molar-refractivity contribution is -0.128. The maximum Gasteiger partial charge on any atom is 0.401 e. The molecule has 0 saturated carbocycles. The largest absolute Gasteiger partial charge is 0.401 e. The Balaban J connectivity index is 3.75. The van der Waals surface area contributed by atoms with Gasteiger partial charge in [-0.15, -0.1) is 0 Å². The van der Waals surface area contributed by atoms with Gasteiger partial charge in [-0.05, 0) is 20.3 Å². The molecule has 0 unspecified atom stereocenters. The topological polar surface area (TPSA) is 32.3 Å². The minimum absolute atomic E-state index is 0.113. The van der Waals surface area contributed by atoms with Crippen molar-refractivity contribution in [1.29, 1.82) is 0 Å². The van der Waals surface area contributed by atoms with Gasteiger partial charge in [-0.25, -0.2) is 0 Å². The molecule has 5 heteroatoms. The molecule has 0 rings (SSSR count). The molecule has 0 aromatic heterocycles. The fourth-order valence-corrected chi connectivity index (χ4v) is 0.707. The summed E-state index contributed by atoms with van der Waals surface area (Å²) in [5, 5.41) is 10.8. The van der Waals surface area contributed by atoms with Crippen molar-refractivity contribution in [3.05, 3.63) is 0 Å². The fourth-order valence-electron chi connectivity index (χ4n) is 0.707. The molecule has 0 atom stereocenters. The first-order valence-corrected chi connectivity index (χ1v) is 3.69. The van der Waals surface area contributed by atoms with E-state index in [2.05, 4.69) is 5.32 Å². The summed E-state index contributed by atoms with van der Waals surface area (Å²) in [7, 11) is 0. The molecule has 0 radical (unpaired) electrons. The van der Waals surface area contributed by atoms with Crippen LogP contribution in [0.15, 0.2) is 0 Å². The zero-order valence-corrected chi connectivity index (χ0v) is 7.20. The standard InChI is InChI=1S/C7H14F3NO/c1-6(2,3-4-12)11-5-7(8,9)10/h11-12H,3-5H2,1-2H3. The lowest BCUT2D eigenvalue weighted by Crippen LogP contribution is -2.44. The molecule has 0 aromatic rings. The quantitative estimate of drug-likeness (QED) is 0.692. The number of aliphatic hydroxyl groups excluding tert-OH is 1. The summed E-state index contributed by atoms with van der Waals surface area (Å²) in [6, 6.07) is 0. The number of halogens is 3. The van der Waals surface area contributed by atoms with E-state index >= 15 is 0 Å². The lowest BCUT2D eigenvalue weighted by Gasteiger charge is -2.26. The van der Waals surface area contributed by atoms with Crippen molar-refractivity contribution in [3.8, 4) is 0 Å². The molecular formula is C7H14F3NO. The lowest BCUT2D eigenvalue weighted by atomic mass is 10.0. The van der Waals surface area contributed by atoms with Crippen molar-refractivity contribution in [3.63, 3.8) is 0 Å². The molecule has 0 fully saturated rings. The Morgan fingerprint density at radius 2 is 1.75 bits per heavy atom. The third-order valence-electron chi connectivity index (χ3n) is 1.50. The molecular weight excluding hydrogens is 171 g/mol. The molecule has 0 aromatic carbocycles. The van der Waals surface area contributed by atoms with Crippen molar-refractivity contribution >= 4 is 0 Å². The van der Waals surface area contributed by atoms with Crippen LogP contribution in [-0.2, 0) is 0 Å². The second kappa shape index (κ2) is 4.09. The number of hydrogen-bond donors (Lipinski definition) is 2. The van der Waals surface area contributed by atoms with E-state index in [1.54, 1.807) is 13.8 Å². The van der Waals surface area contributed by atoms with E-state index in [-0.39, 0.29) is 6.61 Å². The zero-order chi connectivity index (χ0) is 9.83. The molecule has 0 aliphatic heterocycles. The highest BCUT2D eigenvalue weighted by Crippen LogP contribution is 2.15. The molecule has 0 amide bonds. The highest BCUT2D eigenvalue weighted by atomic mass is 19.4. The summed E-state index contributed by atoms with van der Waals surface area (Å²) in [4.78, 5) is 0. The van der Waals surface area contributed by atoms with Crippen molar-refractivity contribution in [2.24, 2.45) is 0 Å². The third-order valence-corrected chi connectivity index (χ3v) is 1.50. The predicted octanol–water partition coefficient (Wildman–Crippen LogP) is 1.30. The van der Waals surface area contributed by atoms with E-state index in [0.29, 0.717) is 6.42 Å². The van der Waals surface area contributed by atoms with Crippen LogP contribution < -0.4 is 5.32 Å². The van der Waals surface area contributed by atoms with Gasteiger partial charge in [0.2, 0.25) is 0 Å². The molecule has 0 aliphatic rings. The van der Waals surface area contributed by atoms with Crippen LogP contribution in [0.2, 0.25) is 0 Å². The van der Waals surface area contributed by atoms with Crippen molar-refractivity contribution in [2.75, 3.05) is 13.2 Å². The average Bonchev–Trinajstić information content (AvgIpc) is 1.83. The van der Waals surface area contributed by atoms with Gasteiger partial charge < -0.3 is 10.4 Å². The fraction of sp³-hybridized carbons (Fsp3) is 1.00. The van der Waals surface area contributed by atoms with Crippen molar-refractivity contribution in [1.82, 2.24) is 5.32 Å². The summed E-state index contributed by atoms with van der Waals surface area (Å²) in [6.07, 6.45) is -3.88. The number of alkyl halides is 3. The maximum absolute atomic E-state index is 11.7. The predicted molar refractivity (Wildman–Crippen MR) is 39.8 cm³/mol. The van der Waals surface area contributed by atoms with E-state index in [1.807, 2.05) is 0 Å². The van der Waals surface area contributed by atoms with Crippen LogP contribution in [0.5, 0.6) is 0 Å². The normalized spacial score (nSPS) is 13.5. The summed E-state index contributed by atoms with van der Waals surface area (Å²) in [5.74, 6) is 0. The molecule has 0 saturated heterocycles. The highest BCUT2D eigenvalue weighted by Gasteiger charge is 2.30. The summed E-state index contributed by atoms with van der Waals surface area (Å²) >= 11 is 0. The Bertz CT molecular complexity index is 133. The second-order valence-corrected chi connectivity index (χ2v) is 3.33. The number of hydrogen-bond acceptors (Lipinski definition) is 2. The molecule has 0 bridgehead atoms. The molecule has 74 valence electrons. The summed E-state index contributed by atoms with van der Waals surface area (Å²) in [6.45, 7) is 2.11. The first-order valence-electron chi connectivity index (χ1n) is 3.69. The Kier molecular flexibility index (Phi) is 3.99. The maximum atomic E-state index is 11.7. The van der Waals surface area contributed by atoms with Crippen LogP contribution in [0.25, 0.3) is 0 Å². The van der Waals surface area contributed by atoms with Gasteiger partial charge >= 0.3 is 6.18 Å². The van der Waals surface area contributed by atoms with Gasteiger partial charge in [0, 0.05) is 12.1 Å². The average molecular weight is 185 g/mol. The van der Waals surface area contributed by atoms with Gasteiger partial charge in [0.15, 0.2) is 0 Å². The SMILES string of the molecule is CC(C)(CCO)NCC(F)(F)F. The van der Waals surface area contributed by atoms with Crippen molar-refractivity contribution in [2.45, 2.75) is 32.0 Å². The first kappa shape index (κ1) is 11.7. The smallest absolute Gasteiger partial charge is 0.396 e. The van der Waals surface area contributed by atoms with E-state index < -0.39 is 18.3 Å². The van der Waals surface area contributed by atoms with E-state index in [4.69, 9.17) is 5.11 Å². The molecule has 2 nitrogen and oxygen atoms in total. The minimum atomic E-state index is -4.19.